The summed E-state index contributed by atoms with van der Waals surface area (Å²) < 4.78 is 63.8. The molecule has 0 spiro atoms. The Kier molecular flexibility index (Phi) is 6.43. The van der Waals surface area contributed by atoms with E-state index in [0.29, 0.717) is 18.7 Å². The van der Waals surface area contributed by atoms with Gasteiger partial charge in [0.15, 0.2) is 20.5 Å². The molecule has 0 saturated heterocycles. The number of hydrogen-bond acceptors (Lipinski definition) is 5. The first-order valence-corrected chi connectivity index (χ1v) is 11.5. The number of halogens is 3. The first-order valence-electron chi connectivity index (χ1n) is 9.86. The maximum Gasteiger partial charge on any atom is 0.421 e. The minimum Gasteiger partial charge on any atom is -0.385 e. The van der Waals surface area contributed by atoms with E-state index in [1.807, 2.05) is 0 Å². The van der Waals surface area contributed by atoms with E-state index in [1.54, 1.807) is 6.07 Å². The summed E-state index contributed by atoms with van der Waals surface area (Å²) in [5.74, 6) is 0.412. The predicted molar refractivity (Wildman–Crippen MR) is 108 cm³/mol. The minimum absolute atomic E-state index is 0.0924. The Morgan fingerprint density at radius 1 is 1.13 bits per heavy atom. The van der Waals surface area contributed by atoms with E-state index < -0.39 is 28.0 Å². The molecule has 3 rings (SSSR count). The summed E-state index contributed by atoms with van der Waals surface area (Å²) in [5.41, 5.74) is -1.59. The first kappa shape index (κ1) is 22.6. The second-order valence-electron chi connectivity index (χ2n) is 7.70. The summed E-state index contributed by atoms with van der Waals surface area (Å²) in [4.78, 5) is 4.08. The number of nitrogens with one attached hydrogen (secondary N) is 1. The van der Waals surface area contributed by atoms with Gasteiger partial charge >= 0.3 is 6.18 Å². The summed E-state index contributed by atoms with van der Waals surface area (Å²) in [6.45, 7) is 1.78. The van der Waals surface area contributed by atoms with Gasteiger partial charge in [-0.25, -0.2) is 13.4 Å². The number of sulfone groups is 1. The first-order chi connectivity index (χ1) is 14.0. The highest BCUT2D eigenvalue weighted by molar-refractivity contribution is 7.91. The van der Waals surface area contributed by atoms with Gasteiger partial charge in [-0.1, -0.05) is 25.1 Å². The summed E-state index contributed by atoms with van der Waals surface area (Å²) in [6, 6.07) is 8.76. The highest BCUT2D eigenvalue weighted by atomic mass is 32.2. The normalized spacial score (nSPS) is 16.8. The van der Waals surface area contributed by atoms with Crippen molar-refractivity contribution < 1.29 is 26.7 Å². The second-order valence-corrected chi connectivity index (χ2v) is 9.68. The standard InChI is InChI=1S/C21H25F3N2O3S/c1-2-20(27,21(22,23)24)17-6-8-18(9-7-17)25-12-11-15-5-10-19(26-13-15)30(28,29)14-16-3-4-16/h5-10,13,16,25,27H,2-4,11-12,14H2,1H3. The van der Waals surface area contributed by atoms with E-state index in [-0.39, 0.29) is 22.3 Å². The maximum absolute atomic E-state index is 13.1. The Labute approximate surface area is 174 Å². The summed E-state index contributed by atoms with van der Waals surface area (Å²) >= 11 is 0. The van der Waals surface area contributed by atoms with Gasteiger partial charge in [-0.15, -0.1) is 0 Å². The molecule has 1 unspecified atom stereocenters. The fourth-order valence-corrected chi connectivity index (χ4v) is 4.82. The van der Waals surface area contributed by atoms with Crippen LogP contribution in [0.2, 0.25) is 0 Å². The lowest BCUT2D eigenvalue weighted by atomic mass is 9.90. The van der Waals surface area contributed by atoms with Crippen LogP contribution >= 0.6 is 0 Å². The molecule has 1 saturated carbocycles. The third-order valence-corrected chi connectivity index (χ3v) is 7.14. The maximum atomic E-state index is 13.1. The van der Waals surface area contributed by atoms with Crippen molar-refractivity contribution in [3.05, 3.63) is 53.7 Å². The lowest BCUT2D eigenvalue weighted by Crippen LogP contribution is -2.41. The third kappa shape index (κ3) is 5.13. The van der Waals surface area contributed by atoms with Crippen LogP contribution in [-0.2, 0) is 21.9 Å². The molecule has 1 aromatic heterocycles. The molecular weight excluding hydrogens is 417 g/mol. The van der Waals surface area contributed by atoms with Crippen molar-refractivity contribution >= 4 is 15.5 Å². The van der Waals surface area contributed by atoms with Gasteiger partial charge < -0.3 is 10.4 Å². The van der Waals surface area contributed by atoms with E-state index in [4.69, 9.17) is 0 Å². The number of aromatic nitrogens is 1. The van der Waals surface area contributed by atoms with Crippen molar-refractivity contribution in [2.45, 2.75) is 49.4 Å². The number of anilines is 1. The number of nitrogens with zero attached hydrogens (tertiary/aromatic N) is 1. The van der Waals surface area contributed by atoms with E-state index in [1.165, 1.54) is 43.5 Å². The third-order valence-electron chi connectivity index (χ3n) is 5.35. The van der Waals surface area contributed by atoms with Gasteiger partial charge in [0, 0.05) is 18.4 Å². The minimum atomic E-state index is -4.75. The molecule has 0 aliphatic heterocycles. The molecule has 0 bridgehead atoms. The van der Waals surface area contributed by atoms with Crippen LogP contribution in [0.4, 0.5) is 18.9 Å². The van der Waals surface area contributed by atoms with Gasteiger partial charge in [0.25, 0.3) is 0 Å². The van der Waals surface area contributed by atoms with Crippen molar-refractivity contribution in [2.24, 2.45) is 5.92 Å². The van der Waals surface area contributed by atoms with Gasteiger partial charge in [-0.2, -0.15) is 13.2 Å². The molecule has 0 radical (unpaired) electrons. The topological polar surface area (TPSA) is 79.3 Å². The molecule has 0 amide bonds. The van der Waals surface area contributed by atoms with Crippen molar-refractivity contribution in [2.75, 3.05) is 17.6 Å². The van der Waals surface area contributed by atoms with Crippen LogP contribution in [0.15, 0.2) is 47.6 Å². The summed E-state index contributed by atoms with van der Waals surface area (Å²) in [7, 11) is -3.33. The van der Waals surface area contributed by atoms with Crippen molar-refractivity contribution in [3.8, 4) is 0 Å². The molecule has 1 atom stereocenters. The molecule has 1 aromatic carbocycles. The summed E-state index contributed by atoms with van der Waals surface area (Å²) in [6.07, 6.45) is -1.20. The lowest BCUT2D eigenvalue weighted by molar-refractivity contribution is -0.267. The van der Waals surface area contributed by atoms with E-state index in [2.05, 4.69) is 10.3 Å². The molecule has 5 nitrogen and oxygen atoms in total. The van der Waals surface area contributed by atoms with Crippen LogP contribution < -0.4 is 5.32 Å². The van der Waals surface area contributed by atoms with Crippen molar-refractivity contribution in [1.82, 2.24) is 4.98 Å². The summed E-state index contributed by atoms with van der Waals surface area (Å²) in [5, 5.41) is 13.2. The number of benzene rings is 1. The number of rotatable bonds is 9. The zero-order valence-corrected chi connectivity index (χ0v) is 17.4. The fraction of sp³-hybridized carbons (Fsp3) is 0.476. The molecule has 1 aliphatic carbocycles. The molecular formula is C21H25F3N2O3S. The monoisotopic (exact) mass is 442 g/mol. The Balaban J connectivity index is 1.55. The molecule has 2 aromatic rings. The van der Waals surface area contributed by atoms with Crippen molar-refractivity contribution in [1.29, 1.82) is 0 Å². The van der Waals surface area contributed by atoms with Gasteiger partial charge in [0.2, 0.25) is 0 Å². The number of alkyl halides is 3. The van der Waals surface area contributed by atoms with Crippen LogP contribution in [0.1, 0.15) is 37.3 Å². The number of hydrogen-bond donors (Lipinski definition) is 2. The smallest absolute Gasteiger partial charge is 0.385 e. The molecule has 1 fully saturated rings. The average molecular weight is 443 g/mol. The SMILES string of the molecule is CCC(O)(c1ccc(NCCc2ccc(S(=O)(=O)CC3CC3)nc2)cc1)C(F)(F)F. The Morgan fingerprint density at radius 3 is 2.30 bits per heavy atom. The van der Waals surface area contributed by atoms with Crippen LogP contribution in [0, 0.1) is 5.92 Å². The second kappa shape index (κ2) is 8.55. The van der Waals surface area contributed by atoms with Gasteiger partial charge in [0.05, 0.1) is 5.75 Å². The zero-order chi connectivity index (χ0) is 22.0. The quantitative estimate of drug-likeness (QED) is 0.612. The average Bonchev–Trinajstić information content (AvgIpc) is 3.51. The zero-order valence-electron chi connectivity index (χ0n) is 16.6. The molecule has 1 heterocycles. The van der Waals surface area contributed by atoms with Crippen LogP contribution in [0.5, 0.6) is 0 Å². The molecule has 30 heavy (non-hydrogen) atoms. The number of pyridine rings is 1. The van der Waals surface area contributed by atoms with Gasteiger partial charge in [0.1, 0.15) is 0 Å². The van der Waals surface area contributed by atoms with E-state index >= 15 is 0 Å². The number of aliphatic hydroxyl groups is 1. The van der Waals surface area contributed by atoms with E-state index in [0.717, 1.165) is 18.4 Å². The Bertz CT molecular complexity index is 956. The molecule has 1 aliphatic rings. The predicted octanol–water partition coefficient (Wildman–Crippen LogP) is 4.08. The lowest BCUT2D eigenvalue weighted by Gasteiger charge is -2.29. The van der Waals surface area contributed by atoms with Gasteiger partial charge in [-0.05, 0) is 60.9 Å². The van der Waals surface area contributed by atoms with Crippen molar-refractivity contribution in [3.63, 3.8) is 0 Å². The van der Waals surface area contributed by atoms with Crippen LogP contribution in [-0.4, -0.2) is 37.0 Å². The molecule has 2 N–H and O–H groups in total. The highest BCUT2D eigenvalue weighted by Gasteiger charge is 2.53. The van der Waals surface area contributed by atoms with Crippen LogP contribution in [0.3, 0.4) is 0 Å². The Hall–Kier alpha value is -2.13. The van der Waals surface area contributed by atoms with E-state index in [9.17, 15) is 26.7 Å². The van der Waals surface area contributed by atoms with Crippen LogP contribution in [0.25, 0.3) is 0 Å². The molecule has 9 heteroatoms. The highest BCUT2D eigenvalue weighted by Crippen LogP contribution is 2.41. The largest absolute Gasteiger partial charge is 0.421 e. The van der Waals surface area contributed by atoms with Gasteiger partial charge in [-0.3, -0.25) is 0 Å². The Morgan fingerprint density at radius 2 is 1.80 bits per heavy atom. The molecule has 164 valence electrons. The fourth-order valence-electron chi connectivity index (χ4n) is 3.21.